The van der Waals surface area contributed by atoms with E-state index in [9.17, 15) is 0 Å². The van der Waals surface area contributed by atoms with E-state index in [4.69, 9.17) is 10.5 Å². The highest BCUT2D eigenvalue weighted by molar-refractivity contribution is 5.93. The molecule has 0 amide bonds. The molecule has 3 nitrogen and oxygen atoms in total. The quantitative estimate of drug-likeness (QED) is 0.705. The minimum absolute atomic E-state index is 0.661. The van der Waals surface area contributed by atoms with Crippen LogP contribution in [-0.4, -0.2) is 4.98 Å². The third kappa shape index (κ3) is 2.07. The first kappa shape index (κ1) is 12.5. The highest BCUT2D eigenvalue weighted by atomic mass is 16.5. The number of aryl methyl sites for hydroxylation is 1. The average Bonchev–Trinajstić information content (AvgIpc) is 2.45. The average molecular weight is 264 g/mol. The molecule has 0 radical (unpaired) electrons. The Kier molecular flexibility index (Phi) is 3.03. The van der Waals surface area contributed by atoms with Crippen molar-refractivity contribution in [1.82, 2.24) is 4.98 Å². The SMILES string of the molecule is Cc1cccc(Oc2ccnc3c(N)cccc23)c1C. The molecule has 0 fully saturated rings. The van der Waals surface area contributed by atoms with Crippen LogP contribution in [0.4, 0.5) is 5.69 Å². The number of aromatic nitrogens is 1. The fourth-order valence-corrected chi connectivity index (χ4v) is 2.22. The standard InChI is InChI=1S/C17H16N2O/c1-11-5-3-8-15(12(11)2)20-16-9-10-19-17-13(16)6-4-7-14(17)18/h3-10H,18H2,1-2H3. The van der Waals surface area contributed by atoms with Gasteiger partial charge in [0.15, 0.2) is 0 Å². The lowest BCUT2D eigenvalue weighted by Crippen LogP contribution is -1.93. The van der Waals surface area contributed by atoms with Gasteiger partial charge in [0.05, 0.1) is 11.2 Å². The number of hydrogen-bond donors (Lipinski definition) is 1. The summed E-state index contributed by atoms with van der Waals surface area (Å²) in [6.07, 6.45) is 1.72. The lowest BCUT2D eigenvalue weighted by atomic mass is 10.1. The minimum atomic E-state index is 0.661. The van der Waals surface area contributed by atoms with Gasteiger partial charge in [-0.25, -0.2) is 0 Å². The summed E-state index contributed by atoms with van der Waals surface area (Å²) in [5, 5.41) is 0.924. The van der Waals surface area contributed by atoms with Gasteiger partial charge in [-0.2, -0.15) is 0 Å². The molecule has 2 N–H and O–H groups in total. The van der Waals surface area contributed by atoms with E-state index in [1.54, 1.807) is 6.20 Å². The van der Waals surface area contributed by atoms with Crippen molar-refractivity contribution in [2.75, 3.05) is 5.73 Å². The summed E-state index contributed by atoms with van der Waals surface area (Å²) >= 11 is 0. The van der Waals surface area contributed by atoms with Crippen molar-refractivity contribution in [3.05, 3.63) is 59.8 Å². The van der Waals surface area contributed by atoms with E-state index in [0.29, 0.717) is 5.69 Å². The molecule has 0 unspecified atom stereocenters. The molecule has 1 heterocycles. The summed E-state index contributed by atoms with van der Waals surface area (Å²) < 4.78 is 6.06. The minimum Gasteiger partial charge on any atom is -0.456 e. The zero-order valence-corrected chi connectivity index (χ0v) is 11.6. The summed E-state index contributed by atoms with van der Waals surface area (Å²) in [6.45, 7) is 4.13. The van der Waals surface area contributed by atoms with Crippen molar-refractivity contribution in [2.45, 2.75) is 13.8 Å². The predicted molar refractivity (Wildman–Crippen MR) is 82.1 cm³/mol. The lowest BCUT2D eigenvalue weighted by Gasteiger charge is -2.12. The Bertz CT molecular complexity index is 781. The molecule has 0 aliphatic heterocycles. The Hall–Kier alpha value is -2.55. The maximum atomic E-state index is 6.06. The van der Waals surface area contributed by atoms with Crippen LogP contribution in [-0.2, 0) is 0 Å². The van der Waals surface area contributed by atoms with Gasteiger partial charge in [-0.05, 0) is 49.2 Å². The first-order valence-corrected chi connectivity index (χ1v) is 6.54. The first-order chi connectivity index (χ1) is 9.66. The third-order valence-electron chi connectivity index (χ3n) is 3.54. The number of para-hydroxylation sites is 1. The molecule has 0 saturated carbocycles. The van der Waals surface area contributed by atoms with Gasteiger partial charge < -0.3 is 10.5 Å². The van der Waals surface area contributed by atoms with Crippen molar-refractivity contribution < 1.29 is 4.74 Å². The number of nitrogens with zero attached hydrogens (tertiary/aromatic N) is 1. The Morgan fingerprint density at radius 2 is 1.75 bits per heavy atom. The molecule has 3 heteroatoms. The molecule has 20 heavy (non-hydrogen) atoms. The fourth-order valence-electron chi connectivity index (χ4n) is 2.22. The number of nitrogen functional groups attached to an aromatic ring is 1. The van der Waals surface area contributed by atoms with Crippen LogP contribution in [0.5, 0.6) is 11.5 Å². The van der Waals surface area contributed by atoms with Gasteiger partial charge in [0.25, 0.3) is 0 Å². The van der Waals surface area contributed by atoms with E-state index in [0.717, 1.165) is 28.0 Å². The molecule has 0 bridgehead atoms. The van der Waals surface area contributed by atoms with E-state index in [-0.39, 0.29) is 0 Å². The zero-order valence-electron chi connectivity index (χ0n) is 11.6. The summed E-state index contributed by atoms with van der Waals surface area (Å²) in [4.78, 5) is 4.32. The van der Waals surface area contributed by atoms with Crippen molar-refractivity contribution in [3.63, 3.8) is 0 Å². The van der Waals surface area contributed by atoms with Crippen LogP contribution in [0.2, 0.25) is 0 Å². The molecule has 100 valence electrons. The van der Waals surface area contributed by atoms with E-state index >= 15 is 0 Å². The Morgan fingerprint density at radius 1 is 0.950 bits per heavy atom. The second-order valence-corrected chi connectivity index (χ2v) is 4.85. The van der Waals surface area contributed by atoms with Crippen LogP contribution in [0.1, 0.15) is 11.1 Å². The molecule has 0 spiro atoms. The van der Waals surface area contributed by atoms with Crippen LogP contribution in [0.25, 0.3) is 10.9 Å². The normalized spacial score (nSPS) is 10.7. The van der Waals surface area contributed by atoms with Gasteiger partial charge in [-0.3, -0.25) is 4.98 Å². The maximum Gasteiger partial charge on any atom is 0.138 e. The molecule has 0 atom stereocenters. The summed E-state index contributed by atoms with van der Waals surface area (Å²) in [5.74, 6) is 1.64. The van der Waals surface area contributed by atoms with Crippen molar-refractivity contribution >= 4 is 16.6 Å². The number of anilines is 1. The highest BCUT2D eigenvalue weighted by Crippen LogP contribution is 2.32. The smallest absolute Gasteiger partial charge is 0.138 e. The lowest BCUT2D eigenvalue weighted by molar-refractivity contribution is 0.483. The van der Waals surface area contributed by atoms with Gasteiger partial charge in [0, 0.05) is 11.6 Å². The Labute approximate surface area is 118 Å². The van der Waals surface area contributed by atoms with Crippen LogP contribution in [0, 0.1) is 13.8 Å². The van der Waals surface area contributed by atoms with Gasteiger partial charge in [0.1, 0.15) is 11.5 Å². The van der Waals surface area contributed by atoms with Crippen molar-refractivity contribution in [1.29, 1.82) is 0 Å². The number of hydrogen-bond acceptors (Lipinski definition) is 3. The van der Waals surface area contributed by atoms with Gasteiger partial charge in [-0.1, -0.05) is 18.2 Å². The van der Waals surface area contributed by atoms with E-state index in [2.05, 4.69) is 24.9 Å². The second kappa shape index (κ2) is 4.85. The third-order valence-corrected chi connectivity index (χ3v) is 3.54. The Morgan fingerprint density at radius 3 is 2.60 bits per heavy atom. The van der Waals surface area contributed by atoms with Crippen molar-refractivity contribution in [2.24, 2.45) is 0 Å². The molecule has 0 aliphatic carbocycles. The summed E-state index contributed by atoms with van der Waals surface area (Å²) in [5.41, 5.74) is 9.74. The number of fused-ring (bicyclic) bond motifs is 1. The van der Waals surface area contributed by atoms with Gasteiger partial charge in [-0.15, -0.1) is 0 Å². The van der Waals surface area contributed by atoms with E-state index in [1.807, 2.05) is 36.4 Å². The largest absolute Gasteiger partial charge is 0.456 e. The number of benzene rings is 2. The molecule has 0 saturated heterocycles. The predicted octanol–water partition coefficient (Wildman–Crippen LogP) is 4.23. The van der Waals surface area contributed by atoms with Crippen LogP contribution in [0.15, 0.2) is 48.7 Å². The number of nitrogens with two attached hydrogens (primary N) is 1. The molecule has 2 aromatic carbocycles. The van der Waals surface area contributed by atoms with Crippen LogP contribution in [0.3, 0.4) is 0 Å². The zero-order chi connectivity index (χ0) is 14.1. The van der Waals surface area contributed by atoms with E-state index in [1.165, 1.54) is 5.56 Å². The first-order valence-electron chi connectivity index (χ1n) is 6.54. The van der Waals surface area contributed by atoms with Crippen LogP contribution < -0.4 is 10.5 Å². The van der Waals surface area contributed by atoms with Crippen molar-refractivity contribution in [3.8, 4) is 11.5 Å². The highest BCUT2D eigenvalue weighted by Gasteiger charge is 2.08. The fraction of sp³-hybridized carbons (Fsp3) is 0.118. The summed E-state index contributed by atoms with van der Waals surface area (Å²) in [7, 11) is 0. The topological polar surface area (TPSA) is 48.1 Å². The monoisotopic (exact) mass is 264 g/mol. The number of rotatable bonds is 2. The molecule has 0 aliphatic rings. The molecule has 1 aromatic heterocycles. The molecular weight excluding hydrogens is 248 g/mol. The molecule has 3 aromatic rings. The number of ether oxygens (including phenoxy) is 1. The maximum absolute atomic E-state index is 6.06. The Balaban J connectivity index is 2.12. The molecular formula is C17H16N2O. The molecule has 3 rings (SSSR count). The summed E-state index contributed by atoms with van der Waals surface area (Å²) in [6, 6.07) is 13.6. The van der Waals surface area contributed by atoms with E-state index < -0.39 is 0 Å². The number of pyridine rings is 1. The second-order valence-electron chi connectivity index (χ2n) is 4.85. The van der Waals surface area contributed by atoms with Gasteiger partial charge >= 0.3 is 0 Å². The van der Waals surface area contributed by atoms with Crippen LogP contribution >= 0.6 is 0 Å². The van der Waals surface area contributed by atoms with Gasteiger partial charge in [0.2, 0.25) is 0 Å².